The Balaban J connectivity index is 2.02. The van der Waals surface area contributed by atoms with Gasteiger partial charge < -0.3 is 0 Å². The maximum absolute atomic E-state index is 12.0. The van der Waals surface area contributed by atoms with Gasteiger partial charge in [0.15, 0.2) is 0 Å². The van der Waals surface area contributed by atoms with Crippen LogP contribution in [0.2, 0.25) is 0 Å². The van der Waals surface area contributed by atoms with Crippen molar-refractivity contribution in [2.75, 3.05) is 0 Å². The van der Waals surface area contributed by atoms with E-state index in [2.05, 4.69) is 0 Å². The molecule has 0 aliphatic carbocycles. The Morgan fingerprint density at radius 3 is 2.69 bits per heavy atom. The number of ketones is 1. The van der Waals surface area contributed by atoms with Crippen LogP contribution in [0.15, 0.2) is 51.6 Å². The normalized spacial score (nSPS) is 16.8. The van der Waals surface area contributed by atoms with Gasteiger partial charge in [-0.3, -0.25) is 4.79 Å². The van der Waals surface area contributed by atoms with Crippen molar-refractivity contribution in [3.8, 4) is 0 Å². The summed E-state index contributed by atoms with van der Waals surface area (Å²) in [7, 11) is 0. The molecule has 1 aliphatic heterocycles. The van der Waals surface area contributed by atoms with E-state index in [1.807, 2.05) is 47.9 Å². The zero-order valence-electron chi connectivity index (χ0n) is 8.34. The minimum atomic E-state index is 0.147. The number of hydrogen-bond donors (Lipinski definition) is 0. The van der Waals surface area contributed by atoms with E-state index in [0.717, 1.165) is 20.2 Å². The molecule has 78 valence electrons. The molecular weight excluding hydrogens is 236 g/mol. The van der Waals surface area contributed by atoms with E-state index in [1.54, 1.807) is 23.1 Å². The third-order valence-electron chi connectivity index (χ3n) is 2.39. The Kier molecular flexibility index (Phi) is 2.42. The minimum absolute atomic E-state index is 0.147. The Hall–Kier alpha value is -1.32. The van der Waals surface area contributed by atoms with Crippen LogP contribution in [0.25, 0.3) is 6.08 Å². The third-order valence-corrected chi connectivity index (χ3v) is 4.31. The van der Waals surface area contributed by atoms with Gasteiger partial charge >= 0.3 is 0 Å². The zero-order chi connectivity index (χ0) is 11.0. The van der Waals surface area contributed by atoms with Crippen LogP contribution in [0.1, 0.15) is 15.2 Å². The molecule has 1 aliphatic rings. The number of allylic oxidation sites excluding steroid dienone is 1. The first-order valence-corrected chi connectivity index (χ1v) is 6.61. The van der Waals surface area contributed by atoms with Crippen LogP contribution in [0, 0.1) is 0 Å². The van der Waals surface area contributed by atoms with Crippen LogP contribution in [0.3, 0.4) is 0 Å². The van der Waals surface area contributed by atoms with Gasteiger partial charge in [0.1, 0.15) is 0 Å². The van der Waals surface area contributed by atoms with Gasteiger partial charge in [-0.2, -0.15) is 0 Å². The van der Waals surface area contributed by atoms with Crippen molar-refractivity contribution >= 4 is 35.0 Å². The van der Waals surface area contributed by atoms with Crippen LogP contribution >= 0.6 is 23.1 Å². The fourth-order valence-corrected chi connectivity index (χ4v) is 3.41. The number of benzene rings is 1. The molecule has 0 radical (unpaired) electrons. The number of hydrogen-bond acceptors (Lipinski definition) is 3. The van der Waals surface area contributed by atoms with Crippen LogP contribution in [-0.2, 0) is 0 Å². The lowest BCUT2D eigenvalue weighted by molar-refractivity contribution is 0.104. The molecule has 0 bridgehead atoms. The van der Waals surface area contributed by atoms with Gasteiger partial charge in [-0.05, 0) is 29.7 Å². The summed E-state index contributed by atoms with van der Waals surface area (Å²) >= 11 is 3.21. The summed E-state index contributed by atoms with van der Waals surface area (Å²) in [6, 6.07) is 11.8. The van der Waals surface area contributed by atoms with Crippen LogP contribution in [-0.4, -0.2) is 5.78 Å². The average Bonchev–Trinajstić information content (AvgIpc) is 2.90. The molecular formula is C13H8OS2. The topological polar surface area (TPSA) is 17.1 Å². The highest BCUT2D eigenvalue weighted by Gasteiger charge is 2.24. The number of thioether (sulfide) groups is 1. The molecule has 3 rings (SSSR count). The van der Waals surface area contributed by atoms with Crippen molar-refractivity contribution in [1.29, 1.82) is 0 Å². The summed E-state index contributed by atoms with van der Waals surface area (Å²) in [4.78, 5) is 15.1. The zero-order valence-corrected chi connectivity index (χ0v) is 9.98. The molecule has 0 saturated carbocycles. The number of carbonyl (C=O) groups is 1. The van der Waals surface area contributed by atoms with E-state index in [1.165, 1.54) is 0 Å². The van der Waals surface area contributed by atoms with Gasteiger partial charge in [-0.15, -0.1) is 11.3 Å². The molecule has 1 aromatic carbocycles. The van der Waals surface area contributed by atoms with Gasteiger partial charge in [0.25, 0.3) is 0 Å². The number of fused-ring (bicyclic) bond motifs is 1. The molecule has 0 atom stereocenters. The standard InChI is InChI=1S/C13H8OS2/c14-13-10-5-1-2-6-11(10)16-12(13)8-9-4-3-7-15-9/h1-8H/b12-8+. The first kappa shape index (κ1) is 9.87. The van der Waals surface area contributed by atoms with Gasteiger partial charge in [0.05, 0.1) is 4.91 Å². The lowest BCUT2D eigenvalue weighted by atomic mass is 10.1. The predicted octanol–water partition coefficient (Wildman–Crippen LogP) is 4.08. The van der Waals surface area contributed by atoms with E-state index in [4.69, 9.17) is 0 Å². The highest BCUT2D eigenvalue weighted by atomic mass is 32.2. The van der Waals surface area contributed by atoms with Crippen LogP contribution in [0.4, 0.5) is 0 Å². The summed E-state index contributed by atoms with van der Waals surface area (Å²) in [5.41, 5.74) is 0.829. The van der Waals surface area contributed by atoms with E-state index in [9.17, 15) is 4.79 Å². The maximum Gasteiger partial charge on any atom is 0.200 e. The van der Waals surface area contributed by atoms with E-state index < -0.39 is 0 Å². The fraction of sp³-hybridized carbons (Fsp3) is 0. The Bertz CT molecular complexity index is 567. The average molecular weight is 244 g/mol. The predicted molar refractivity (Wildman–Crippen MR) is 68.9 cm³/mol. The third kappa shape index (κ3) is 1.62. The lowest BCUT2D eigenvalue weighted by Gasteiger charge is -1.91. The number of carbonyl (C=O) groups excluding carboxylic acids is 1. The number of Topliss-reactive ketones (excluding diaryl/α,β-unsaturated/α-hetero) is 1. The van der Waals surface area contributed by atoms with Gasteiger partial charge in [-0.25, -0.2) is 0 Å². The molecule has 2 aromatic rings. The van der Waals surface area contributed by atoms with Crippen molar-refractivity contribution in [2.45, 2.75) is 4.90 Å². The van der Waals surface area contributed by atoms with Gasteiger partial charge in [-0.1, -0.05) is 30.0 Å². The number of rotatable bonds is 1. The second-order valence-corrected chi connectivity index (χ2v) is 5.51. The smallest absolute Gasteiger partial charge is 0.200 e. The highest BCUT2D eigenvalue weighted by molar-refractivity contribution is 8.04. The van der Waals surface area contributed by atoms with Crippen molar-refractivity contribution in [1.82, 2.24) is 0 Å². The second-order valence-electron chi connectivity index (χ2n) is 3.45. The summed E-state index contributed by atoms with van der Waals surface area (Å²) in [5, 5.41) is 2.02. The molecule has 0 spiro atoms. The Morgan fingerprint density at radius 2 is 1.94 bits per heavy atom. The monoisotopic (exact) mass is 244 g/mol. The van der Waals surface area contributed by atoms with Crippen molar-refractivity contribution < 1.29 is 4.79 Å². The lowest BCUT2D eigenvalue weighted by Crippen LogP contribution is -1.92. The minimum Gasteiger partial charge on any atom is -0.288 e. The maximum atomic E-state index is 12.0. The fourth-order valence-electron chi connectivity index (χ4n) is 1.64. The van der Waals surface area contributed by atoms with Crippen LogP contribution < -0.4 is 0 Å². The first-order chi connectivity index (χ1) is 7.84. The molecule has 2 heterocycles. The number of thiophene rings is 1. The SMILES string of the molecule is O=C1/C(=C\c2cccs2)Sc2ccccc21. The summed E-state index contributed by atoms with van der Waals surface area (Å²) in [6.45, 7) is 0. The largest absolute Gasteiger partial charge is 0.288 e. The van der Waals surface area contributed by atoms with Gasteiger partial charge in [0, 0.05) is 15.3 Å². The molecule has 0 fully saturated rings. The van der Waals surface area contributed by atoms with Crippen molar-refractivity contribution in [2.24, 2.45) is 0 Å². The quantitative estimate of drug-likeness (QED) is 0.703. The molecule has 0 unspecified atom stereocenters. The molecule has 0 N–H and O–H groups in total. The molecule has 3 heteroatoms. The van der Waals surface area contributed by atoms with E-state index in [0.29, 0.717) is 0 Å². The molecule has 16 heavy (non-hydrogen) atoms. The van der Waals surface area contributed by atoms with E-state index in [-0.39, 0.29) is 5.78 Å². The summed E-state index contributed by atoms with van der Waals surface area (Å²) in [5.74, 6) is 0.147. The highest BCUT2D eigenvalue weighted by Crippen LogP contribution is 2.40. The Labute approximate surface area is 102 Å². The summed E-state index contributed by atoms with van der Waals surface area (Å²) in [6.07, 6.45) is 1.97. The van der Waals surface area contributed by atoms with Crippen LogP contribution in [0.5, 0.6) is 0 Å². The van der Waals surface area contributed by atoms with Crippen molar-refractivity contribution in [3.63, 3.8) is 0 Å². The second kappa shape index (κ2) is 3.92. The molecule has 0 amide bonds. The van der Waals surface area contributed by atoms with Crippen molar-refractivity contribution in [3.05, 3.63) is 57.1 Å². The van der Waals surface area contributed by atoms with E-state index >= 15 is 0 Å². The molecule has 1 aromatic heterocycles. The molecule has 1 nitrogen and oxygen atoms in total. The van der Waals surface area contributed by atoms with Gasteiger partial charge in [0.2, 0.25) is 5.78 Å². The summed E-state index contributed by atoms with van der Waals surface area (Å²) < 4.78 is 0. The Morgan fingerprint density at radius 1 is 1.06 bits per heavy atom. The molecule has 0 saturated heterocycles. The first-order valence-electron chi connectivity index (χ1n) is 4.91.